The summed E-state index contributed by atoms with van der Waals surface area (Å²) in [4.78, 5) is 19.4. The van der Waals surface area contributed by atoms with Crippen molar-refractivity contribution in [1.82, 2.24) is 14.5 Å². The average molecular weight is 288 g/mol. The third kappa shape index (κ3) is 1.84. The van der Waals surface area contributed by atoms with Crippen molar-refractivity contribution in [1.29, 1.82) is 0 Å². The van der Waals surface area contributed by atoms with Gasteiger partial charge in [0.1, 0.15) is 5.82 Å². The van der Waals surface area contributed by atoms with Crippen molar-refractivity contribution in [3.8, 4) is 5.69 Å². The number of hydrogen-bond donors (Lipinski definition) is 1. The van der Waals surface area contributed by atoms with E-state index in [0.717, 1.165) is 16.9 Å². The van der Waals surface area contributed by atoms with Crippen LogP contribution in [-0.2, 0) is 0 Å². The minimum absolute atomic E-state index is 0.0965. The maximum atomic E-state index is 12.1. The maximum Gasteiger partial charge on any atom is 0.260 e. The second-order valence-electron chi connectivity index (χ2n) is 4.87. The monoisotopic (exact) mass is 287 g/mol. The minimum atomic E-state index is -0.0965. The first-order valence-corrected chi connectivity index (χ1v) is 6.71. The second kappa shape index (κ2) is 4.49. The topological polar surface area (TPSA) is 50.7 Å². The molecule has 1 aromatic carbocycles. The standard InChI is InChI=1S/C15H14ClN3O/c1-8-9(2)19(12-6-4-11(16)5-7-12)14-13(8)15(20)18-10(3)17-14/h4-7H,1-3H3,(H,17,18,20). The van der Waals surface area contributed by atoms with Crippen molar-refractivity contribution in [3.05, 3.63) is 56.7 Å². The summed E-state index contributed by atoms with van der Waals surface area (Å²) in [6, 6.07) is 7.51. The van der Waals surface area contributed by atoms with Crippen LogP contribution in [0.15, 0.2) is 29.1 Å². The quantitative estimate of drug-likeness (QED) is 0.746. The molecule has 0 atom stereocenters. The molecule has 0 aliphatic heterocycles. The molecule has 2 heterocycles. The number of hydrogen-bond acceptors (Lipinski definition) is 2. The van der Waals surface area contributed by atoms with Crippen molar-refractivity contribution >= 4 is 22.6 Å². The van der Waals surface area contributed by atoms with E-state index >= 15 is 0 Å². The molecule has 0 fully saturated rings. The van der Waals surface area contributed by atoms with Gasteiger partial charge < -0.3 is 4.98 Å². The summed E-state index contributed by atoms with van der Waals surface area (Å²) in [6.45, 7) is 5.71. The van der Waals surface area contributed by atoms with Gasteiger partial charge in [-0.05, 0) is 50.6 Å². The third-order valence-electron chi connectivity index (χ3n) is 3.57. The molecule has 0 radical (unpaired) electrons. The van der Waals surface area contributed by atoms with Crippen molar-refractivity contribution in [2.75, 3.05) is 0 Å². The van der Waals surface area contributed by atoms with Gasteiger partial charge in [-0.1, -0.05) is 11.6 Å². The molecule has 0 amide bonds. The smallest absolute Gasteiger partial charge is 0.260 e. The molecule has 3 aromatic rings. The van der Waals surface area contributed by atoms with Gasteiger partial charge in [-0.2, -0.15) is 0 Å². The highest BCUT2D eigenvalue weighted by Crippen LogP contribution is 2.25. The van der Waals surface area contributed by atoms with Crippen molar-refractivity contribution in [2.45, 2.75) is 20.8 Å². The Labute approximate surface area is 121 Å². The Hall–Kier alpha value is -2.07. The normalized spacial score (nSPS) is 11.2. The molecule has 0 spiro atoms. The van der Waals surface area contributed by atoms with Crippen LogP contribution < -0.4 is 5.56 Å². The van der Waals surface area contributed by atoms with Gasteiger partial charge in [0.15, 0.2) is 5.65 Å². The van der Waals surface area contributed by atoms with Crippen LogP contribution >= 0.6 is 11.6 Å². The molecule has 5 heteroatoms. The Morgan fingerprint density at radius 2 is 1.80 bits per heavy atom. The lowest BCUT2D eigenvalue weighted by atomic mass is 10.2. The fourth-order valence-electron chi connectivity index (χ4n) is 2.48. The van der Waals surface area contributed by atoms with Crippen LogP contribution in [0.4, 0.5) is 0 Å². The van der Waals surface area contributed by atoms with Gasteiger partial charge in [-0.25, -0.2) is 4.98 Å². The van der Waals surface area contributed by atoms with Crippen molar-refractivity contribution < 1.29 is 0 Å². The van der Waals surface area contributed by atoms with Gasteiger partial charge in [0.2, 0.25) is 0 Å². The zero-order chi connectivity index (χ0) is 14.4. The highest BCUT2D eigenvalue weighted by Gasteiger charge is 2.16. The number of aryl methyl sites for hydroxylation is 2. The number of rotatable bonds is 1. The molecule has 0 aliphatic rings. The van der Waals surface area contributed by atoms with Crippen LogP contribution in [-0.4, -0.2) is 14.5 Å². The Morgan fingerprint density at radius 3 is 2.45 bits per heavy atom. The Kier molecular flexibility index (Phi) is 2.91. The van der Waals surface area contributed by atoms with Gasteiger partial charge >= 0.3 is 0 Å². The van der Waals surface area contributed by atoms with E-state index < -0.39 is 0 Å². The summed E-state index contributed by atoms with van der Waals surface area (Å²) >= 11 is 5.93. The van der Waals surface area contributed by atoms with Gasteiger partial charge in [0.25, 0.3) is 5.56 Å². The Bertz CT molecular complexity index is 859. The number of aromatic nitrogens is 3. The van der Waals surface area contributed by atoms with E-state index in [0.29, 0.717) is 21.9 Å². The molecule has 4 nitrogen and oxygen atoms in total. The van der Waals surface area contributed by atoms with E-state index in [1.807, 2.05) is 42.7 Å². The van der Waals surface area contributed by atoms with Crippen LogP contribution in [0.25, 0.3) is 16.7 Å². The summed E-state index contributed by atoms with van der Waals surface area (Å²) in [7, 11) is 0. The molecular formula is C15H14ClN3O. The molecule has 0 unspecified atom stereocenters. The molecular weight excluding hydrogens is 274 g/mol. The largest absolute Gasteiger partial charge is 0.310 e. The molecule has 102 valence electrons. The molecule has 0 saturated heterocycles. The van der Waals surface area contributed by atoms with Crippen LogP contribution in [0.1, 0.15) is 17.1 Å². The zero-order valence-corrected chi connectivity index (χ0v) is 12.2. The Balaban J connectivity index is 2.44. The molecule has 2 aromatic heterocycles. The van der Waals surface area contributed by atoms with Gasteiger partial charge in [-0.3, -0.25) is 9.36 Å². The van der Waals surface area contributed by atoms with Crippen LogP contribution in [0.2, 0.25) is 5.02 Å². The van der Waals surface area contributed by atoms with E-state index in [2.05, 4.69) is 9.97 Å². The number of nitrogens with one attached hydrogen (secondary N) is 1. The fraction of sp³-hybridized carbons (Fsp3) is 0.200. The predicted octanol–water partition coefficient (Wildman–Crippen LogP) is 3.29. The average Bonchev–Trinajstić information content (AvgIpc) is 2.63. The fourth-order valence-corrected chi connectivity index (χ4v) is 2.61. The summed E-state index contributed by atoms with van der Waals surface area (Å²) in [5.41, 5.74) is 3.49. The number of fused-ring (bicyclic) bond motifs is 1. The lowest BCUT2D eigenvalue weighted by Gasteiger charge is -2.08. The van der Waals surface area contributed by atoms with Gasteiger partial charge in [-0.15, -0.1) is 0 Å². The molecule has 0 bridgehead atoms. The first-order chi connectivity index (χ1) is 9.49. The predicted molar refractivity (Wildman–Crippen MR) is 80.9 cm³/mol. The second-order valence-corrected chi connectivity index (χ2v) is 5.31. The van der Waals surface area contributed by atoms with Gasteiger partial charge in [0, 0.05) is 16.4 Å². The molecule has 0 aliphatic carbocycles. The van der Waals surface area contributed by atoms with Crippen LogP contribution in [0.5, 0.6) is 0 Å². The van der Waals surface area contributed by atoms with E-state index in [4.69, 9.17) is 11.6 Å². The lowest BCUT2D eigenvalue weighted by Crippen LogP contribution is -2.10. The molecule has 1 N–H and O–H groups in total. The van der Waals surface area contributed by atoms with E-state index in [1.165, 1.54) is 0 Å². The first kappa shape index (κ1) is 12.9. The summed E-state index contributed by atoms with van der Waals surface area (Å²) in [5.74, 6) is 0.607. The lowest BCUT2D eigenvalue weighted by molar-refractivity contribution is 0.986. The number of aromatic amines is 1. The maximum absolute atomic E-state index is 12.1. The number of nitrogens with zero attached hydrogens (tertiary/aromatic N) is 2. The number of benzene rings is 1. The highest BCUT2D eigenvalue weighted by molar-refractivity contribution is 6.30. The van der Waals surface area contributed by atoms with Gasteiger partial charge in [0.05, 0.1) is 5.39 Å². The molecule has 20 heavy (non-hydrogen) atoms. The summed E-state index contributed by atoms with van der Waals surface area (Å²) in [6.07, 6.45) is 0. The van der Waals surface area contributed by atoms with Crippen molar-refractivity contribution in [3.63, 3.8) is 0 Å². The molecule has 3 rings (SSSR count). The first-order valence-electron chi connectivity index (χ1n) is 6.33. The third-order valence-corrected chi connectivity index (χ3v) is 3.82. The number of H-pyrrole nitrogens is 1. The zero-order valence-electron chi connectivity index (χ0n) is 11.5. The van der Waals surface area contributed by atoms with Crippen LogP contribution in [0.3, 0.4) is 0 Å². The highest BCUT2D eigenvalue weighted by atomic mass is 35.5. The van der Waals surface area contributed by atoms with Crippen LogP contribution in [0, 0.1) is 20.8 Å². The SMILES string of the molecule is Cc1nc2c(c(C)c(C)n2-c2ccc(Cl)cc2)c(=O)[nH]1. The Morgan fingerprint density at radius 1 is 1.15 bits per heavy atom. The van der Waals surface area contributed by atoms with E-state index in [1.54, 1.807) is 6.92 Å². The van der Waals surface area contributed by atoms with E-state index in [9.17, 15) is 4.79 Å². The summed E-state index contributed by atoms with van der Waals surface area (Å²) < 4.78 is 1.99. The molecule has 0 saturated carbocycles. The number of halogens is 1. The summed E-state index contributed by atoms with van der Waals surface area (Å²) in [5, 5.41) is 1.32. The van der Waals surface area contributed by atoms with E-state index in [-0.39, 0.29) is 5.56 Å². The minimum Gasteiger partial charge on any atom is -0.310 e. The van der Waals surface area contributed by atoms with Crippen molar-refractivity contribution in [2.24, 2.45) is 0 Å².